The van der Waals surface area contributed by atoms with E-state index in [-0.39, 0.29) is 11.7 Å². The molecule has 0 heterocycles. The van der Waals surface area contributed by atoms with Crippen molar-refractivity contribution in [2.24, 2.45) is 10.7 Å². The van der Waals surface area contributed by atoms with Crippen molar-refractivity contribution in [1.82, 2.24) is 0 Å². The minimum absolute atomic E-state index is 0.185. The highest BCUT2D eigenvalue weighted by Crippen LogP contribution is 2.13. The van der Waals surface area contributed by atoms with Crippen molar-refractivity contribution in [2.45, 2.75) is 0 Å². The van der Waals surface area contributed by atoms with Gasteiger partial charge in [-0.2, -0.15) is 0 Å². The molecule has 0 saturated heterocycles. The van der Waals surface area contributed by atoms with Gasteiger partial charge in [0.25, 0.3) is 0 Å². The van der Waals surface area contributed by atoms with Crippen LogP contribution in [0.3, 0.4) is 0 Å². The lowest BCUT2D eigenvalue weighted by molar-refractivity contribution is 0.625. The lowest BCUT2D eigenvalue weighted by Gasteiger charge is -2.02. The summed E-state index contributed by atoms with van der Waals surface area (Å²) < 4.78 is 13.4. The molecule has 0 aliphatic rings. The van der Waals surface area contributed by atoms with Gasteiger partial charge in [0.05, 0.1) is 11.3 Å². The van der Waals surface area contributed by atoms with Crippen LogP contribution >= 0.6 is 0 Å². The van der Waals surface area contributed by atoms with Crippen molar-refractivity contribution in [3.8, 4) is 0 Å². The molecule has 0 fully saturated rings. The fourth-order valence-corrected chi connectivity index (χ4v) is 1.37. The van der Waals surface area contributed by atoms with Crippen LogP contribution in [0.5, 0.6) is 0 Å². The van der Waals surface area contributed by atoms with E-state index < -0.39 is 0 Å². The molecule has 80 valence electrons. The average Bonchev–Trinajstić information content (AvgIpc) is 2.31. The fourth-order valence-electron chi connectivity index (χ4n) is 1.37. The van der Waals surface area contributed by atoms with Crippen LogP contribution in [0, 0.1) is 5.82 Å². The van der Waals surface area contributed by atoms with Gasteiger partial charge in [0.1, 0.15) is 11.7 Å². The number of hydrogen-bond acceptors (Lipinski definition) is 1. The maximum Gasteiger partial charge on any atom is 0.134 e. The van der Waals surface area contributed by atoms with Crippen LogP contribution in [0.15, 0.2) is 59.6 Å². The number of nitrogens with two attached hydrogens (primary N) is 1. The van der Waals surface area contributed by atoms with E-state index in [2.05, 4.69) is 4.99 Å². The predicted octanol–water partition coefficient (Wildman–Crippen LogP) is 2.86. The first-order valence-electron chi connectivity index (χ1n) is 4.91. The summed E-state index contributed by atoms with van der Waals surface area (Å²) in [6.45, 7) is 0. The number of halogens is 1. The van der Waals surface area contributed by atoms with Crippen LogP contribution in [0.2, 0.25) is 0 Å². The monoisotopic (exact) mass is 214 g/mol. The van der Waals surface area contributed by atoms with Gasteiger partial charge in [-0.1, -0.05) is 30.3 Å². The second-order valence-corrected chi connectivity index (χ2v) is 3.31. The number of amidine groups is 1. The molecule has 2 nitrogen and oxygen atoms in total. The molecular weight excluding hydrogens is 203 g/mol. The normalized spacial score (nSPS) is 11.4. The minimum Gasteiger partial charge on any atom is -0.383 e. The Morgan fingerprint density at radius 1 is 0.938 bits per heavy atom. The van der Waals surface area contributed by atoms with Crippen LogP contribution < -0.4 is 5.73 Å². The molecule has 0 radical (unpaired) electrons. The Morgan fingerprint density at radius 3 is 2.25 bits per heavy atom. The van der Waals surface area contributed by atoms with Crippen molar-refractivity contribution in [3.63, 3.8) is 0 Å². The third-order valence-electron chi connectivity index (χ3n) is 2.16. The minimum atomic E-state index is -0.361. The van der Waals surface area contributed by atoms with E-state index in [4.69, 9.17) is 5.73 Å². The van der Waals surface area contributed by atoms with Gasteiger partial charge in [0.15, 0.2) is 0 Å². The molecule has 0 aliphatic heterocycles. The third-order valence-corrected chi connectivity index (χ3v) is 2.16. The summed E-state index contributed by atoms with van der Waals surface area (Å²) in [5.41, 5.74) is 6.77. The van der Waals surface area contributed by atoms with Crippen molar-refractivity contribution >= 4 is 11.5 Å². The first-order valence-corrected chi connectivity index (χ1v) is 4.91. The summed E-state index contributed by atoms with van der Waals surface area (Å²) in [7, 11) is 0. The number of hydrogen-bond donors (Lipinski definition) is 1. The summed E-state index contributed by atoms with van der Waals surface area (Å²) >= 11 is 0. The van der Waals surface area contributed by atoms with Crippen LogP contribution in [-0.2, 0) is 0 Å². The Bertz CT molecular complexity index is 506. The molecular formula is C13H11FN2. The molecule has 0 aliphatic carbocycles. The van der Waals surface area contributed by atoms with Crippen molar-refractivity contribution in [3.05, 3.63) is 66.0 Å². The van der Waals surface area contributed by atoms with Gasteiger partial charge >= 0.3 is 0 Å². The summed E-state index contributed by atoms with van der Waals surface area (Å²) in [5, 5.41) is 0. The second-order valence-electron chi connectivity index (χ2n) is 3.31. The maximum absolute atomic E-state index is 13.4. The molecule has 2 rings (SSSR count). The average molecular weight is 214 g/mol. The van der Waals surface area contributed by atoms with E-state index in [0.717, 1.165) is 0 Å². The third kappa shape index (κ3) is 2.25. The Morgan fingerprint density at radius 2 is 1.56 bits per heavy atom. The lowest BCUT2D eigenvalue weighted by atomic mass is 10.2. The topological polar surface area (TPSA) is 38.4 Å². The number of aliphatic imine (C=N–C) groups is 1. The zero-order valence-corrected chi connectivity index (χ0v) is 8.60. The highest BCUT2D eigenvalue weighted by molar-refractivity contribution is 5.99. The van der Waals surface area contributed by atoms with Gasteiger partial charge in [0.2, 0.25) is 0 Å². The summed E-state index contributed by atoms with van der Waals surface area (Å²) in [6.07, 6.45) is 0. The number of nitrogens with zero attached hydrogens (tertiary/aromatic N) is 1. The molecule has 0 amide bonds. The van der Waals surface area contributed by atoms with Crippen molar-refractivity contribution in [2.75, 3.05) is 0 Å². The van der Waals surface area contributed by atoms with E-state index in [0.29, 0.717) is 11.3 Å². The molecule has 16 heavy (non-hydrogen) atoms. The maximum atomic E-state index is 13.4. The van der Waals surface area contributed by atoms with Gasteiger partial charge < -0.3 is 5.73 Å². The zero-order valence-electron chi connectivity index (χ0n) is 8.60. The second kappa shape index (κ2) is 4.57. The molecule has 2 aromatic carbocycles. The Labute approximate surface area is 93.3 Å². The smallest absolute Gasteiger partial charge is 0.134 e. The summed E-state index contributed by atoms with van der Waals surface area (Å²) in [6, 6.07) is 15.5. The quantitative estimate of drug-likeness (QED) is 0.605. The molecule has 0 unspecified atom stereocenters. The van der Waals surface area contributed by atoms with Crippen molar-refractivity contribution in [1.29, 1.82) is 0 Å². The first kappa shape index (κ1) is 10.4. The SMILES string of the molecule is NC(=Nc1ccccc1)c1ccccc1F. The van der Waals surface area contributed by atoms with Gasteiger partial charge in [-0.25, -0.2) is 9.38 Å². The summed E-state index contributed by atoms with van der Waals surface area (Å²) in [4.78, 5) is 4.14. The summed E-state index contributed by atoms with van der Waals surface area (Å²) in [5.74, 6) is -0.177. The van der Waals surface area contributed by atoms with E-state index >= 15 is 0 Å². The van der Waals surface area contributed by atoms with Crippen LogP contribution in [0.25, 0.3) is 0 Å². The molecule has 0 aromatic heterocycles. The number of rotatable bonds is 2. The van der Waals surface area contributed by atoms with E-state index in [9.17, 15) is 4.39 Å². The predicted molar refractivity (Wildman–Crippen MR) is 63.2 cm³/mol. The van der Waals surface area contributed by atoms with E-state index in [1.807, 2.05) is 30.3 Å². The number of benzene rings is 2. The van der Waals surface area contributed by atoms with Gasteiger partial charge in [-0.05, 0) is 24.3 Å². The molecule has 0 atom stereocenters. The number of para-hydroxylation sites is 1. The highest BCUT2D eigenvalue weighted by Gasteiger charge is 2.04. The Balaban J connectivity index is 2.36. The standard InChI is InChI=1S/C13H11FN2/c14-12-9-5-4-8-11(12)13(15)16-10-6-2-1-3-7-10/h1-9H,(H2,15,16). The van der Waals surface area contributed by atoms with Crippen molar-refractivity contribution < 1.29 is 4.39 Å². The Hall–Kier alpha value is -2.16. The van der Waals surface area contributed by atoms with E-state index in [1.165, 1.54) is 6.07 Å². The fraction of sp³-hybridized carbons (Fsp3) is 0. The molecule has 2 aromatic rings. The molecule has 3 heteroatoms. The van der Waals surface area contributed by atoms with Gasteiger partial charge in [0, 0.05) is 0 Å². The molecule has 2 N–H and O–H groups in total. The van der Waals surface area contributed by atoms with Gasteiger partial charge in [-0.15, -0.1) is 0 Å². The molecule has 0 bridgehead atoms. The zero-order chi connectivity index (χ0) is 11.4. The largest absolute Gasteiger partial charge is 0.383 e. The highest BCUT2D eigenvalue weighted by atomic mass is 19.1. The van der Waals surface area contributed by atoms with E-state index in [1.54, 1.807) is 18.2 Å². The van der Waals surface area contributed by atoms with Crippen LogP contribution in [0.4, 0.5) is 10.1 Å². The Kier molecular flexibility index (Phi) is 2.96. The first-order chi connectivity index (χ1) is 7.77. The lowest BCUT2D eigenvalue weighted by Crippen LogP contribution is -2.14. The molecule has 0 spiro atoms. The van der Waals surface area contributed by atoms with Gasteiger partial charge in [-0.3, -0.25) is 0 Å². The van der Waals surface area contributed by atoms with Crippen LogP contribution in [0.1, 0.15) is 5.56 Å². The van der Waals surface area contributed by atoms with Crippen LogP contribution in [-0.4, -0.2) is 5.84 Å². The molecule has 0 saturated carbocycles.